The molecule has 0 aromatic heterocycles. The number of rotatable bonds is 9. The number of carbonyl (C=O) groups excluding carboxylic acids is 1. The van der Waals surface area contributed by atoms with Crippen LogP contribution in [0.3, 0.4) is 0 Å². The Hall–Kier alpha value is -2.44. The predicted octanol–water partition coefficient (Wildman–Crippen LogP) is 2.01. The minimum atomic E-state index is -0.933. The molecular weight excluding hydrogens is 292 g/mol. The second-order valence-electron chi connectivity index (χ2n) is 4.44. The van der Waals surface area contributed by atoms with Crippen molar-refractivity contribution >= 4 is 11.9 Å². The number of hydrogen-bond donors (Lipinski definition) is 1. The molecule has 122 valence electrons. The van der Waals surface area contributed by atoms with Gasteiger partial charge in [0.15, 0.2) is 11.5 Å². The van der Waals surface area contributed by atoms with E-state index in [9.17, 15) is 9.59 Å². The van der Waals surface area contributed by atoms with E-state index in [1.54, 1.807) is 12.1 Å². The molecular formula is C15H20O7. The highest BCUT2D eigenvalue weighted by molar-refractivity contribution is 5.71. The van der Waals surface area contributed by atoms with Gasteiger partial charge in [-0.2, -0.15) is 0 Å². The Kier molecular flexibility index (Phi) is 7.01. The number of carbonyl (C=O) groups is 2. The van der Waals surface area contributed by atoms with Crippen molar-refractivity contribution in [1.82, 2.24) is 0 Å². The second-order valence-corrected chi connectivity index (χ2v) is 4.44. The first kappa shape index (κ1) is 17.6. The molecule has 0 aliphatic carbocycles. The highest BCUT2D eigenvalue weighted by atomic mass is 16.5. The van der Waals surface area contributed by atoms with Crippen LogP contribution in [0.5, 0.6) is 17.2 Å². The normalized spacial score (nSPS) is 9.95. The van der Waals surface area contributed by atoms with Crippen LogP contribution in [0.15, 0.2) is 12.1 Å². The second kappa shape index (κ2) is 8.76. The van der Waals surface area contributed by atoms with Gasteiger partial charge in [0, 0.05) is 12.8 Å². The van der Waals surface area contributed by atoms with Crippen LogP contribution in [-0.2, 0) is 20.9 Å². The van der Waals surface area contributed by atoms with Crippen molar-refractivity contribution in [2.75, 3.05) is 21.3 Å². The molecule has 0 heterocycles. The van der Waals surface area contributed by atoms with E-state index in [0.29, 0.717) is 22.8 Å². The molecule has 0 saturated heterocycles. The zero-order chi connectivity index (χ0) is 16.5. The van der Waals surface area contributed by atoms with E-state index in [1.807, 2.05) is 0 Å². The molecule has 0 bridgehead atoms. The topological polar surface area (TPSA) is 91.3 Å². The molecule has 1 N–H and O–H groups in total. The third-order valence-electron chi connectivity index (χ3n) is 2.90. The van der Waals surface area contributed by atoms with E-state index in [-0.39, 0.29) is 25.9 Å². The van der Waals surface area contributed by atoms with Gasteiger partial charge >= 0.3 is 11.9 Å². The summed E-state index contributed by atoms with van der Waals surface area (Å²) in [6.07, 6.45) is 0.263. The Morgan fingerprint density at radius 1 is 1.00 bits per heavy atom. The predicted molar refractivity (Wildman–Crippen MR) is 77.4 cm³/mol. The van der Waals surface area contributed by atoms with Gasteiger partial charge in [-0.15, -0.1) is 0 Å². The van der Waals surface area contributed by atoms with Gasteiger partial charge in [-0.25, -0.2) is 0 Å². The Labute approximate surface area is 128 Å². The summed E-state index contributed by atoms with van der Waals surface area (Å²) in [5, 5.41) is 8.51. The lowest BCUT2D eigenvalue weighted by Crippen LogP contribution is -2.06. The van der Waals surface area contributed by atoms with Crippen LogP contribution in [0, 0.1) is 0 Å². The van der Waals surface area contributed by atoms with Crippen molar-refractivity contribution in [1.29, 1.82) is 0 Å². The molecule has 0 spiro atoms. The average Bonchev–Trinajstić information content (AvgIpc) is 2.51. The molecule has 0 saturated carbocycles. The molecule has 0 amide bonds. The lowest BCUT2D eigenvalue weighted by atomic mass is 10.2. The van der Waals surface area contributed by atoms with Crippen molar-refractivity contribution < 1.29 is 33.6 Å². The smallest absolute Gasteiger partial charge is 0.306 e. The first-order chi connectivity index (χ1) is 10.5. The summed E-state index contributed by atoms with van der Waals surface area (Å²) in [6, 6.07) is 3.37. The zero-order valence-electron chi connectivity index (χ0n) is 12.9. The van der Waals surface area contributed by atoms with Gasteiger partial charge in [0.25, 0.3) is 0 Å². The maximum atomic E-state index is 11.5. The third kappa shape index (κ3) is 5.16. The van der Waals surface area contributed by atoms with Gasteiger partial charge in [0.1, 0.15) is 6.61 Å². The standard InChI is InChI=1S/C15H20O7/c1-19-11-7-10(8-12(20-2)15(11)21-3)9-22-14(18)6-4-5-13(16)17/h7-8H,4-6,9H2,1-3H3,(H,16,17). The largest absolute Gasteiger partial charge is 0.493 e. The highest BCUT2D eigenvalue weighted by Crippen LogP contribution is 2.38. The Balaban J connectivity index is 2.65. The van der Waals surface area contributed by atoms with Crippen molar-refractivity contribution in [3.8, 4) is 17.2 Å². The van der Waals surface area contributed by atoms with E-state index in [2.05, 4.69) is 0 Å². The first-order valence-corrected chi connectivity index (χ1v) is 6.68. The molecule has 1 aromatic carbocycles. The molecule has 7 nitrogen and oxygen atoms in total. The molecule has 0 fully saturated rings. The van der Waals surface area contributed by atoms with Crippen LogP contribution in [0.4, 0.5) is 0 Å². The maximum Gasteiger partial charge on any atom is 0.306 e. The Morgan fingerprint density at radius 2 is 1.59 bits per heavy atom. The van der Waals surface area contributed by atoms with Crippen LogP contribution in [0.25, 0.3) is 0 Å². The SMILES string of the molecule is COc1cc(COC(=O)CCCC(=O)O)cc(OC)c1OC. The van der Waals surface area contributed by atoms with Gasteiger partial charge in [-0.3, -0.25) is 9.59 Å². The van der Waals surface area contributed by atoms with E-state index in [0.717, 1.165) is 0 Å². The number of esters is 1. The molecule has 22 heavy (non-hydrogen) atoms. The molecule has 0 aliphatic rings. The van der Waals surface area contributed by atoms with Gasteiger partial charge in [0.2, 0.25) is 5.75 Å². The summed E-state index contributed by atoms with van der Waals surface area (Å²) < 4.78 is 20.7. The summed E-state index contributed by atoms with van der Waals surface area (Å²) in [5.74, 6) is 0.0199. The van der Waals surface area contributed by atoms with Crippen LogP contribution < -0.4 is 14.2 Å². The molecule has 0 aliphatic heterocycles. The minimum Gasteiger partial charge on any atom is -0.493 e. The van der Waals surface area contributed by atoms with E-state index in [1.165, 1.54) is 21.3 Å². The number of carboxylic acid groups (broad SMARTS) is 1. The number of aliphatic carboxylic acids is 1. The van der Waals surface area contributed by atoms with Crippen LogP contribution in [-0.4, -0.2) is 38.4 Å². The summed E-state index contributed by atoms with van der Waals surface area (Å²) >= 11 is 0. The van der Waals surface area contributed by atoms with Crippen molar-refractivity contribution in [3.63, 3.8) is 0 Å². The molecule has 1 rings (SSSR count). The average molecular weight is 312 g/mol. The number of carboxylic acids is 1. The lowest BCUT2D eigenvalue weighted by Gasteiger charge is -2.14. The summed E-state index contributed by atoms with van der Waals surface area (Å²) in [7, 11) is 4.50. The van der Waals surface area contributed by atoms with Gasteiger partial charge in [-0.05, 0) is 24.1 Å². The fourth-order valence-electron chi connectivity index (χ4n) is 1.84. The first-order valence-electron chi connectivity index (χ1n) is 6.68. The minimum absolute atomic E-state index is 0.0443. The van der Waals surface area contributed by atoms with Crippen LogP contribution in [0.1, 0.15) is 24.8 Å². The van der Waals surface area contributed by atoms with Gasteiger partial charge in [-0.1, -0.05) is 0 Å². The maximum absolute atomic E-state index is 11.5. The number of hydrogen-bond acceptors (Lipinski definition) is 6. The molecule has 0 atom stereocenters. The van der Waals surface area contributed by atoms with Crippen LogP contribution in [0.2, 0.25) is 0 Å². The summed E-state index contributed by atoms with van der Waals surface area (Å²) in [4.78, 5) is 21.9. The van der Waals surface area contributed by atoms with Crippen molar-refractivity contribution in [3.05, 3.63) is 17.7 Å². The van der Waals surface area contributed by atoms with E-state index >= 15 is 0 Å². The highest BCUT2D eigenvalue weighted by Gasteiger charge is 2.14. The molecule has 7 heteroatoms. The third-order valence-corrected chi connectivity index (χ3v) is 2.90. The zero-order valence-corrected chi connectivity index (χ0v) is 12.9. The van der Waals surface area contributed by atoms with Crippen molar-refractivity contribution in [2.45, 2.75) is 25.9 Å². The van der Waals surface area contributed by atoms with Gasteiger partial charge in [0.05, 0.1) is 21.3 Å². The summed E-state index contributed by atoms with van der Waals surface area (Å²) in [6.45, 7) is 0.0443. The number of methoxy groups -OCH3 is 3. The number of ether oxygens (including phenoxy) is 4. The lowest BCUT2D eigenvalue weighted by molar-refractivity contribution is -0.145. The van der Waals surface area contributed by atoms with E-state index in [4.69, 9.17) is 24.1 Å². The summed E-state index contributed by atoms with van der Waals surface area (Å²) in [5.41, 5.74) is 0.682. The van der Waals surface area contributed by atoms with Crippen molar-refractivity contribution in [2.24, 2.45) is 0 Å². The Morgan fingerprint density at radius 3 is 2.05 bits per heavy atom. The van der Waals surface area contributed by atoms with Crippen LogP contribution >= 0.6 is 0 Å². The molecule has 0 unspecified atom stereocenters. The molecule has 0 radical (unpaired) electrons. The number of benzene rings is 1. The monoisotopic (exact) mass is 312 g/mol. The fourth-order valence-corrected chi connectivity index (χ4v) is 1.84. The van der Waals surface area contributed by atoms with Gasteiger partial charge < -0.3 is 24.1 Å². The fraction of sp³-hybridized carbons (Fsp3) is 0.467. The quantitative estimate of drug-likeness (QED) is 0.697. The van der Waals surface area contributed by atoms with E-state index < -0.39 is 11.9 Å². The Bertz CT molecular complexity index is 500. The molecule has 1 aromatic rings.